The van der Waals surface area contributed by atoms with Gasteiger partial charge in [0.15, 0.2) is 0 Å². The number of carbonyl (C=O) groups is 1. The number of hydrogen-bond donors (Lipinski definition) is 0. The summed E-state index contributed by atoms with van der Waals surface area (Å²) < 4.78 is 6.92. The van der Waals surface area contributed by atoms with Crippen LogP contribution in [0, 0.1) is 13.8 Å². The molecule has 3 heterocycles. The highest BCUT2D eigenvalue weighted by atomic mass is 16.5. The molecule has 112 valence electrons. The highest BCUT2D eigenvalue weighted by molar-refractivity contribution is 5.80. The van der Waals surface area contributed by atoms with E-state index in [2.05, 4.69) is 10.3 Å². The van der Waals surface area contributed by atoms with Gasteiger partial charge in [0.05, 0.1) is 24.4 Å². The Morgan fingerprint density at radius 3 is 2.90 bits per heavy atom. The van der Waals surface area contributed by atoms with E-state index < -0.39 is 0 Å². The van der Waals surface area contributed by atoms with Gasteiger partial charge in [0.1, 0.15) is 5.76 Å². The first-order chi connectivity index (χ1) is 10.1. The van der Waals surface area contributed by atoms with Crippen LogP contribution in [0.4, 0.5) is 0 Å². The molecule has 1 atom stereocenters. The predicted molar refractivity (Wildman–Crippen MR) is 76.6 cm³/mol. The third-order valence-corrected chi connectivity index (χ3v) is 4.19. The van der Waals surface area contributed by atoms with E-state index in [4.69, 9.17) is 4.52 Å². The minimum Gasteiger partial charge on any atom is -0.361 e. The average Bonchev–Trinajstić information content (AvgIpc) is 3.14. The SMILES string of the molecule is Cc1noc(C)c1CC(=O)N1CCCC1c1cnn(C)c1. The van der Waals surface area contributed by atoms with E-state index >= 15 is 0 Å². The van der Waals surface area contributed by atoms with E-state index in [1.807, 2.05) is 38.2 Å². The molecule has 0 saturated carbocycles. The Bertz CT molecular complexity index is 639. The second kappa shape index (κ2) is 5.35. The average molecular weight is 288 g/mol. The van der Waals surface area contributed by atoms with Crippen molar-refractivity contribution in [3.63, 3.8) is 0 Å². The van der Waals surface area contributed by atoms with Crippen LogP contribution in [0.25, 0.3) is 0 Å². The van der Waals surface area contributed by atoms with Crippen LogP contribution in [0.5, 0.6) is 0 Å². The van der Waals surface area contributed by atoms with Crippen LogP contribution in [0.15, 0.2) is 16.9 Å². The van der Waals surface area contributed by atoms with Crippen LogP contribution < -0.4 is 0 Å². The van der Waals surface area contributed by atoms with Gasteiger partial charge in [-0.3, -0.25) is 9.48 Å². The maximum absolute atomic E-state index is 12.6. The molecule has 2 aromatic rings. The maximum atomic E-state index is 12.6. The summed E-state index contributed by atoms with van der Waals surface area (Å²) in [4.78, 5) is 14.6. The van der Waals surface area contributed by atoms with Crippen LogP contribution in [0.3, 0.4) is 0 Å². The molecule has 1 amide bonds. The van der Waals surface area contributed by atoms with Crippen molar-refractivity contribution in [1.82, 2.24) is 19.8 Å². The maximum Gasteiger partial charge on any atom is 0.227 e. The summed E-state index contributed by atoms with van der Waals surface area (Å²) >= 11 is 0. The largest absolute Gasteiger partial charge is 0.361 e. The van der Waals surface area contributed by atoms with Gasteiger partial charge in [-0.15, -0.1) is 0 Å². The number of aryl methyl sites for hydroxylation is 3. The fourth-order valence-corrected chi connectivity index (χ4v) is 3.03. The Hall–Kier alpha value is -2.11. The highest BCUT2D eigenvalue weighted by Gasteiger charge is 2.31. The zero-order chi connectivity index (χ0) is 15.0. The van der Waals surface area contributed by atoms with E-state index in [-0.39, 0.29) is 11.9 Å². The quantitative estimate of drug-likeness (QED) is 0.865. The van der Waals surface area contributed by atoms with E-state index in [9.17, 15) is 4.79 Å². The molecule has 0 bridgehead atoms. The minimum atomic E-state index is 0.135. The van der Waals surface area contributed by atoms with Crippen LogP contribution in [0.1, 0.15) is 41.5 Å². The molecule has 0 N–H and O–H groups in total. The molecule has 1 aliphatic rings. The molecule has 0 aromatic carbocycles. The van der Waals surface area contributed by atoms with Crippen LogP contribution >= 0.6 is 0 Å². The first-order valence-electron chi connectivity index (χ1n) is 7.26. The normalized spacial score (nSPS) is 18.4. The molecule has 1 aliphatic heterocycles. The van der Waals surface area contributed by atoms with Gasteiger partial charge in [0, 0.05) is 30.9 Å². The van der Waals surface area contributed by atoms with Crippen LogP contribution in [-0.2, 0) is 18.3 Å². The van der Waals surface area contributed by atoms with E-state index in [1.165, 1.54) is 0 Å². The molecule has 2 aromatic heterocycles. The molecule has 21 heavy (non-hydrogen) atoms. The molecule has 0 spiro atoms. The van der Waals surface area contributed by atoms with Gasteiger partial charge in [-0.25, -0.2) is 0 Å². The zero-order valence-electron chi connectivity index (χ0n) is 12.7. The Kier molecular flexibility index (Phi) is 3.53. The van der Waals surface area contributed by atoms with E-state index in [0.717, 1.165) is 42.0 Å². The van der Waals surface area contributed by atoms with Crippen molar-refractivity contribution in [3.05, 3.63) is 35.0 Å². The molecule has 6 heteroatoms. The van der Waals surface area contributed by atoms with Crippen molar-refractivity contribution in [2.45, 2.75) is 39.2 Å². The topological polar surface area (TPSA) is 64.2 Å². The predicted octanol–water partition coefficient (Wildman–Crippen LogP) is 1.93. The third-order valence-electron chi connectivity index (χ3n) is 4.19. The summed E-state index contributed by atoms with van der Waals surface area (Å²) in [5, 5.41) is 8.13. The van der Waals surface area contributed by atoms with Gasteiger partial charge in [0.2, 0.25) is 5.91 Å². The lowest BCUT2D eigenvalue weighted by molar-refractivity contribution is -0.131. The summed E-state index contributed by atoms with van der Waals surface area (Å²) in [6.07, 6.45) is 6.24. The van der Waals surface area contributed by atoms with Crippen LogP contribution in [-0.4, -0.2) is 32.3 Å². The van der Waals surface area contributed by atoms with Crippen molar-refractivity contribution in [3.8, 4) is 0 Å². The number of rotatable bonds is 3. The fraction of sp³-hybridized carbons (Fsp3) is 0.533. The van der Waals surface area contributed by atoms with Gasteiger partial charge in [0.25, 0.3) is 0 Å². The number of likely N-dealkylation sites (tertiary alicyclic amines) is 1. The molecule has 6 nitrogen and oxygen atoms in total. The molecule has 0 aliphatic carbocycles. The number of hydrogen-bond acceptors (Lipinski definition) is 4. The molecule has 1 unspecified atom stereocenters. The zero-order valence-corrected chi connectivity index (χ0v) is 12.7. The summed E-state index contributed by atoms with van der Waals surface area (Å²) in [6.45, 7) is 4.54. The summed E-state index contributed by atoms with van der Waals surface area (Å²) in [6, 6.07) is 0.145. The highest BCUT2D eigenvalue weighted by Crippen LogP contribution is 2.32. The van der Waals surface area contributed by atoms with Gasteiger partial charge < -0.3 is 9.42 Å². The van der Waals surface area contributed by atoms with Crippen molar-refractivity contribution in [1.29, 1.82) is 0 Å². The monoisotopic (exact) mass is 288 g/mol. The number of carbonyl (C=O) groups excluding carboxylic acids is 1. The molecular weight excluding hydrogens is 268 g/mol. The van der Waals surface area contributed by atoms with Gasteiger partial charge in [-0.05, 0) is 26.7 Å². The number of nitrogens with zero attached hydrogens (tertiary/aromatic N) is 4. The fourth-order valence-electron chi connectivity index (χ4n) is 3.03. The molecular formula is C15H20N4O2. The summed E-state index contributed by atoms with van der Waals surface area (Å²) in [5.41, 5.74) is 2.83. The smallest absolute Gasteiger partial charge is 0.227 e. The molecule has 1 saturated heterocycles. The van der Waals surface area contributed by atoms with Gasteiger partial charge >= 0.3 is 0 Å². The van der Waals surface area contributed by atoms with Crippen molar-refractivity contribution in [2.75, 3.05) is 6.54 Å². The third kappa shape index (κ3) is 2.57. The lowest BCUT2D eigenvalue weighted by Gasteiger charge is -2.24. The summed E-state index contributed by atoms with van der Waals surface area (Å²) in [5.74, 6) is 0.869. The lowest BCUT2D eigenvalue weighted by atomic mass is 10.1. The van der Waals surface area contributed by atoms with Crippen molar-refractivity contribution >= 4 is 5.91 Å². The standard InChI is InChI=1S/C15H20N4O2/c1-10-13(11(2)21-17-10)7-15(20)19-6-4-5-14(19)12-8-16-18(3)9-12/h8-9,14H,4-7H2,1-3H3. The van der Waals surface area contributed by atoms with Gasteiger partial charge in [-0.1, -0.05) is 5.16 Å². The lowest BCUT2D eigenvalue weighted by Crippen LogP contribution is -2.31. The second-order valence-electron chi connectivity index (χ2n) is 5.67. The minimum absolute atomic E-state index is 0.135. The first kappa shape index (κ1) is 13.9. The van der Waals surface area contributed by atoms with Crippen molar-refractivity contribution < 1.29 is 9.32 Å². The Morgan fingerprint density at radius 2 is 2.29 bits per heavy atom. The number of amides is 1. The molecule has 0 radical (unpaired) electrons. The van der Waals surface area contributed by atoms with Crippen LogP contribution in [0.2, 0.25) is 0 Å². The number of aromatic nitrogens is 3. The van der Waals surface area contributed by atoms with Crippen molar-refractivity contribution in [2.24, 2.45) is 7.05 Å². The molecule has 3 rings (SSSR count). The second-order valence-corrected chi connectivity index (χ2v) is 5.67. The van der Waals surface area contributed by atoms with Gasteiger partial charge in [-0.2, -0.15) is 5.10 Å². The summed E-state index contributed by atoms with van der Waals surface area (Å²) in [7, 11) is 1.90. The molecule has 1 fully saturated rings. The first-order valence-corrected chi connectivity index (χ1v) is 7.26. The Balaban J connectivity index is 1.77. The Labute approximate surface area is 123 Å². The Morgan fingerprint density at radius 1 is 1.48 bits per heavy atom. The van der Waals surface area contributed by atoms with E-state index in [1.54, 1.807) is 4.68 Å². The van der Waals surface area contributed by atoms with E-state index in [0.29, 0.717) is 6.42 Å².